The van der Waals surface area contributed by atoms with Crippen molar-refractivity contribution in [2.45, 2.75) is 59.9 Å². The number of anilines is 1. The van der Waals surface area contributed by atoms with Gasteiger partial charge in [-0.15, -0.1) is 0 Å². The van der Waals surface area contributed by atoms with Gasteiger partial charge in [0.25, 0.3) is 0 Å². The van der Waals surface area contributed by atoms with Crippen molar-refractivity contribution < 1.29 is 14.3 Å². The van der Waals surface area contributed by atoms with Crippen LogP contribution in [0.1, 0.15) is 58.9 Å². The minimum atomic E-state index is -0.415. The second kappa shape index (κ2) is 12.3. The third-order valence-corrected chi connectivity index (χ3v) is 6.35. The minimum absolute atomic E-state index is 0.0283. The van der Waals surface area contributed by atoms with Crippen LogP contribution in [0.15, 0.2) is 54.7 Å². The zero-order valence-corrected chi connectivity index (χ0v) is 20.8. The Balaban J connectivity index is 1.99. The van der Waals surface area contributed by atoms with E-state index >= 15 is 0 Å². The first-order valence-corrected chi connectivity index (χ1v) is 12.5. The number of benzene rings is 2. The van der Waals surface area contributed by atoms with Gasteiger partial charge in [-0.05, 0) is 50.5 Å². The fourth-order valence-electron chi connectivity index (χ4n) is 4.22. The van der Waals surface area contributed by atoms with Crippen molar-refractivity contribution >= 4 is 28.6 Å². The zero-order chi connectivity index (χ0) is 24.5. The predicted molar refractivity (Wildman–Crippen MR) is 138 cm³/mol. The van der Waals surface area contributed by atoms with E-state index in [9.17, 15) is 9.59 Å². The molecule has 1 aromatic heterocycles. The number of nitrogens with zero attached hydrogens (tertiary/aromatic N) is 2. The van der Waals surface area contributed by atoms with Gasteiger partial charge < -0.3 is 19.5 Å². The molecule has 0 aliphatic heterocycles. The molecule has 0 fully saturated rings. The molecule has 182 valence electrons. The number of hydrogen-bond acceptors (Lipinski definition) is 3. The van der Waals surface area contributed by atoms with E-state index in [1.165, 1.54) is 5.56 Å². The first kappa shape index (κ1) is 25.3. The van der Waals surface area contributed by atoms with Crippen LogP contribution in [0, 0.1) is 5.92 Å². The molecule has 34 heavy (non-hydrogen) atoms. The van der Waals surface area contributed by atoms with Crippen molar-refractivity contribution in [3.05, 3.63) is 60.3 Å². The van der Waals surface area contributed by atoms with Crippen molar-refractivity contribution in [3.8, 4) is 5.75 Å². The lowest BCUT2D eigenvalue weighted by atomic mass is 9.98. The highest BCUT2D eigenvalue weighted by Crippen LogP contribution is 2.35. The number of amides is 2. The van der Waals surface area contributed by atoms with Gasteiger partial charge in [0.05, 0.1) is 11.2 Å². The van der Waals surface area contributed by atoms with Crippen LogP contribution in [-0.2, 0) is 11.3 Å². The van der Waals surface area contributed by atoms with Crippen molar-refractivity contribution in [1.29, 1.82) is 0 Å². The van der Waals surface area contributed by atoms with Crippen LogP contribution in [0.2, 0.25) is 0 Å². The van der Waals surface area contributed by atoms with Gasteiger partial charge in [0.2, 0.25) is 5.91 Å². The number of ether oxygens (including phenoxy) is 1. The predicted octanol–water partition coefficient (Wildman–Crippen LogP) is 6.69. The first-order chi connectivity index (χ1) is 16.5. The highest BCUT2D eigenvalue weighted by atomic mass is 16.6. The Morgan fingerprint density at radius 2 is 1.74 bits per heavy atom. The molecule has 0 aliphatic rings. The SMILES string of the molecule is CCCCC(CC)C(=O)Nc1c(OC(=O)N(CC)CC)ccc2c1ccn2Cc1ccccc1. The van der Waals surface area contributed by atoms with E-state index in [4.69, 9.17) is 4.74 Å². The summed E-state index contributed by atoms with van der Waals surface area (Å²) in [5.41, 5.74) is 2.72. The minimum Gasteiger partial charge on any atom is -0.408 e. The van der Waals surface area contributed by atoms with Crippen LogP contribution in [0.4, 0.5) is 10.5 Å². The van der Waals surface area contributed by atoms with Gasteiger partial charge in [0, 0.05) is 37.1 Å². The Hall–Kier alpha value is -3.28. The Bertz CT molecular complexity index is 1090. The molecule has 0 saturated heterocycles. The summed E-state index contributed by atoms with van der Waals surface area (Å²) in [6.07, 6.45) is 5.27. The normalized spacial score (nSPS) is 11.9. The number of carbonyl (C=O) groups is 2. The average Bonchev–Trinajstić information content (AvgIpc) is 3.25. The van der Waals surface area contributed by atoms with Crippen LogP contribution in [-0.4, -0.2) is 34.6 Å². The van der Waals surface area contributed by atoms with Crippen molar-refractivity contribution in [2.75, 3.05) is 18.4 Å². The number of nitrogens with one attached hydrogen (secondary N) is 1. The van der Waals surface area contributed by atoms with Gasteiger partial charge in [-0.1, -0.05) is 57.0 Å². The second-order valence-electron chi connectivity index (χ2n) is 8.58. The summed E-state index contributed by atoms with van der Waals surface area (Å²) in [6.45, 7) is 9.83. The molecular weight excluding hydrogens is 426 g/mol. The Morgan fingerprint density at radius 3 is 2.38 bits per heavy atom. The molecule has 3 aromatic rings. The molecule has 2 amide bonds. The average molecular weight is 464 g/mol. The third-order valence-electron chi connectivity index (χ3n) is 6.35. The molecule has 1 heterocycles. The lowest BCUT2D eigenvalue weighted by Gasteiger charge is -2.21. The molecule has 0 spiro atoms. The Labute approximate surface area is 202 Å². The number of unbranched alkanes of at least 4 members (excludes halogenated alkanes) is 1. The summed E-state index contributed by atoms with van der Waals surface area (Å²) >= 11 is 0. The lowest BCUT2D eigenvalue weighted by molar-refractivity contribution is -0.120. The van der Waals surface area contributed by atoms with E-state index in [1.807, 2.05) is 57.3 Å². The summed E-state index contributed by atoms with van der Waals surface area (Å²) in [5.74, 6) is 0.271. The Morgan fingerprint density at radius 1 is 1.00 bits per heavy atom. The third kappa shape index (κ3) is 5.99. The number of hydrogen-bond donors (Lipinski definition) is 1. The maximum atomic E-state index is 13.2. The molecule has 6 nitrogen and oxygen atoms in total. The monoisotopic (exact) mass is 463 g/mol. The van der Waals surface area contributed by atoms with E-state index in [-0.39, 0.29) is 11.8 Å². The largest absolute Gasteiger partial charge is 0.415 e. The van der Waals surface area contributed by atoms with Gasteiger partial charge in [0.1, 0.15) is 0 Å². The summed E-state index contributed by atoms with van der Waals surface area (Å²) < 4.78 is 7.93. The molecule has 3 rings (SSSR count). The molecular formula is C28H37N3O3. The number of rotatable bonds is 11. The fraction of sp³-hybridized carbons (Fsp3) is 0.429. The quantitative estimate of drug-likeness (QED) is 0.345. The van der Waals surface area contributed by atoms with Gasteiger partial charge >= 0.3 is 6.09 Å². The van der Waals surface area contributed by atoms with E-state index < -0.39 is 6.09 Å². The standard InChI is InChI=1S/C28H37N3O3/c1-5-9-15-22(6-2)27(32)29-26-23-18-19-31(20-21-13-11-10-12-14-21)24(23)16-17-25(26)34-28(33)30(7-3)8-4/h10-14,16-19,22H,5-9,15,20H2,1-4H3,(H,29,32). The number of aromatic nitrogens is 1. The molecule has 0 radical (unpaired) electrons. The molecule has 1 N–H and O–H groups in total. The second-order valence-corrected chi connectivity index (χ2v) is 8.58. The zero-order valence-electron chi connectivity index (χ0n) is 20.8. The van der Waals surface area contributed by atoms with Crippen LogP contribution in [0.5, 0.6) is 5.75 Å². The van der Waals surface area contributed by atoms with E-state index in [2.05, 4.69) is 28.9 Å². The topological polar surface area (TPSA) is 63.6 Å². The van der Waals surface area contributed by atoms with Crippen LogP contribution in [0.3, 0.4) is 0 Å². The highest BCUT2D eigenvalue weighted by Gasteiger charge is 2.22. The van der Waals surface area contributed by atoms with E-state index in [0.717, 1.165) is 36.6 Å². The summed E-state index contributed by atoms with van der Waals surface area (Å²) in [5, 5.41) is 3.98. The molecule has 1 atom stereocenters. The summed E-state index contributed by atoms with van der Waals surface area (Å²) in [7, 11) is 0. The van der Waals surface area contributed by atoms with Crippen molar-refractivity contribution in [2.24, 2.45) is 5.92 Å². The number of carbonyl (C=O) groups excluding carboxylic acids is 2. The molecule has 0 saturated carbocycles. The van der Waals surface area contributed by atoms with Crippen molar-refractivity contribution in [1.82, 2.24) is 9.47 Å². The van der Waals surface area contributed by atoms with Crippen molar-refractivity contribution in [3.63, 3.8) is 0 Å². The maximum absolute atomic E-state index is 13.2. The molecule has 2 aromatic carbocycles. The first-order valence-electron chi connectivity index (χ1n) is 12.5. The van der Waals surface area contributed by atoms with Gasteiger partial charge in [-0.3, -0.25) is 4.79 Å². The highest BCUT2D eigenvalue weighted by molar-refractivity contribution is 6.05. The van der Waals surface area contributed by atoms with E-state index in [0.29, 0.717) is 31.1 Å². The molecule has 0 bridgehead atoms. The molecule has 1 unspecified atom stereocenters. The summed E-state index contributed by atoms with van der Waals surface area (Å²) in [4.78, 5) is 27.5. The van der Waals surface area contributed by atoms with Gasteiger partial charge in [0.15, 0.2) is 5.75 Å². The van der Waals surface area contributed by atoms with Gasteiger partial charge in [-0.2, -0.15) is 0 Å². The number of fused-ring (bicyclic) bond motifs is 1. The van der Waals surface area contributed by atoms with E-state index in [1.54, 1.807) is 11.0 Å². The summed E-state index contributed by atoms with van der Waals surface area (Å²) in [6, 6.07) is 16.0. The smallest absolute Gasteiger partial charge is 0.408 e. The van der Waals surface area contributed by atoms with Gasteiger partial charge in [-0.25, -0.2) is 4.79 Å². The van der Waals surface area contributed by atoms with Crippen LogP contribution >= 0.6 is 0 Å². The lowest BCUT2D eigenvalue weighted by Crippen LogP contribution is -2.33. The molecule has 0 aliphatic carbocycles. The Kier molecular flexibility index (Phi) is 9.14. The molecule has 6 heteroatoms. The maximum Gasteiger partial charge on any atom is 0.415 e. The fourth-order valence-corrected chi connectivity index (χ4v) is 4.22. The van der Waals surface area contributed by atoms with Crippen LogP contribution in [0.25, 0.3) is 10.9 Å². The van der Waals surface area contributed by atoms with Crippen LogP contribution < -0.4 is 10.1 Å².